The number of hydrogen-bond donors (Lipinski definition) is 1. The van der Waals surface area contributed by atoms with E-state index in [1.807, 2.05) is 56.9 Å². The SMILES string of the molecule is Cc1ccccc1C(=O)N(CCN)C(C)(C)C. The molecule has 0 radical (unpaired) electrons. The van der Waals surface area contributed by atoms with Crippen LogP contribution in [0.1, 0.15) is 36.7 Å². The molecule has 0 aliphatic rings. The molecule has 0 saturated carbocycles. The summed E-state index contributed by atoms with van der Waals surface area (Å²) in [6.45, 7) is 9.10. The molecule has 0 bridgehead atoms. The van der Waals surface area contributed by atoms with Crippen LogP contribution in [0, 0.1) is 6.92 Å². The first-order valence-corrected chi connectivity index (χ1v) is 5.95. The molecule has 1 rings (SSSR count). The fourth-order valence-electron chi connectivity index (χ4n) is 1.83. The van der Waals surface area contributed by atoms with Crippen molar-refractivity contribution < 1.29 is 4.79 Å². The Balaban J connectivity index is 3.05. The van der Waals surface area contributed by atoms with E-state index in [2.05, 4.69) is 0 Å². The number of nitrogens with zero attached hydrogens (tertiary/aromatic N) is 1. The molecule has 0 fully saturated rings. The van der Waals surface area contributed by atoms with Crippen LogP contribution in [0.2, 0.25) is 0 Å². The van der Waals surface area contributed by atoms with E-state index < -0.39 is 0 Å². The summed E-state index contributed by atoms with van der Waals surface area (Å²) in [4.78, 5) is 14.3. The Bertz CT molecular complexity index is 393. The molecule has 0 saturated heterocycles. The van der Waals surface area contributed by atoms with Crippen molar-refractivity contribution in [2.24, 2.45) is 5.73 Å². The highest BCUT2D eigenvalue weighted by atomic mass is 16.2. The van der Waals surface area contributed by atoms with Gasteiger partial charge in [-0.15, -0.1) is 0 Å². The van der Waals surface area contributed by atoms with Crippen molar-refractivity contribution in [2.45, 2.75) is 33.2 Å². The Hall–Kier alpha value is -1.35. The minimum absolute atomic E-state index is 0.0565. The summed E-state index contributed by atoms with van der Waals surface area (Å²) in [6, 6.07) is 7.66. The molecule has 0 spiro atoms. The summed E-state index contributed by atoms with van der Waals surface area (Å²) in [7, 11) is 0. The standard InChI is InChI=1S/C14H22N2O/c1-11-7-5-6-8-12(11)13(17)16(10-9-15)14(2,3)4/h5-8H,9-10,15H2,1-4H3. The summed E-state index contributed by atoms with van der Waals surface area (Å²) >= 11 is 0. The second-order valence-electron chi connectivity index (χ2n) is 5.23. The zero-order valence-electron chi connectivity index (χ0n) is 11.2. The molecular weight excluding hydrogens is 212 g/mol. The topological polar surface area (TPSA) is 46.3 Å². The van der Waals surface area contributed by atoms with Crippen molar-refractivity contribution >= 4 is 5.91 Å². The predicted octanol–water partition coefficient (Wildman–Crippen LogP) is 2.19. The molecule has 1 aromatic carbocycles. The van der Waals surface area contributed by atoms with Gasteiger partial charge in [0.2, 0.25) is 0 Å². The zero-order valence-corrected chi connectivity index (χ0v) is 11.2. The number of carbonyl (C=O) groups excluding carboxylic acids is 1. The van der Waals surface area contributed by atoms with Crippen LogP contribution in [0.5, 0.6) is 0 Å². The van der Waals surface area contributed by atoms with Gasteiger partial charge in [0.1, 0.15) is 0 Å². The van der Waals surface area contributed by atoms with Gasteiger partial charge in [0.05, 0.1) is 0 Å². The van der Waals surface area contributed by atoms with E-state index in [1.165, 1.54) is 0 Å². The van der Waals surface area contributed by atoms with E-state index in [0.717, 1.165) is 11.1 Å². The number of benzene rings is 1. The minimum Gasteiger partial charge on any atom is -0.333 e. The Labute approximate surface area is 104 Å². The third kappa shape index (κ3) is 3.30. The van der Waals surface area contributed by atoms with Crippen molar-refractivity contribution in [3.05, 3.63) is 35.4 Å². The minimum atomic E-state index is -0.210. The molecule has 2 N–H and O–H groups in total. The van der Waals surface area contributed by atoms with Crippen LogP contribution in [-0.2, 0) is 0 Å². The van der Waals surface area contributed by atoms with Gasteiger partial charge in [-0.2, -0.15) is 0 Å². The fourth-order valence-corrected chi connectivity index (χ4v) is 1.83. The highest BCUT2D eigenvalue weighted by Gasteiger charge is 2.27. The van der Waals surface area contributed by atoms with Crippen molar-refractivity contribution in [3.8, 4) is 0 Å². The number of hydrogen-bond acceptors (Lipinski definition) is 2. The first kappa shape index (κ1) is 13.7. The Morgan fingerprint density at radius 2 is 1.88 bits per heavy atom. The van der Waals surface area contributed by atoms with E-state index in [1.54, 1.807) is 0 Å². The van der Waals surface area contributed by atoms with Crippen LogP contribution in [0.4, 0.5) is 0 Å². The number of nitrogens with two attached hydrogens (primary N) is 1. The lowest BCUT2D eigenvalue weighted by Gasteiger charge is -2.35. The first-order chi connectivity index (χ1) is 7.88. The van der Waals surface area contributed by atoms with Crippen molar-refractivity contribution in [1.82, 2.24) is 4.90 Å². The van der Waals surface area contributed by atoms with Crippen molar-refractivity contribution in [1.29, 1.82) is 0 Å². The van der Waals surface area contributed by atoms with Gasteiger partial charge in [-0.3, -0.25) is 4.79 Å². The molecule has 0 unspecified atom stereocenters. The molecule has 1 aromatic rings. The summed E-state index contributed by atoms with van der Waals surface area (Å²) in [6.07, 6.45) is 0. The lowest BCUT2D eigenvalue weighted by Crippen LogP contribution is -2.48. The molecule has 94 valence electrons. The van der Waals surface area contributed by atoms with Gasteiger partial charge < -0.3 is 10.6 Å². The van der Waals surface area contributed by atoms with Crippen molar-refractivity contribution in [2.75, 3.05) is 13.1 Å². The second-order valence-corrected chi connectivity index (χ2v) is 5.23. The Kier molecular flexibility index (Phi) is 4.29. The molecule has 3 nitrogen and oxygen atoms in total. The van der Waals surface area contributed by atoms with Gasteiger partial charge in [-0.25, -0.2) is 0 Å². The third-order valence-corrected chi connectivity index (χ3v) is 2.78. The third-order valence-electron chi connectivity index (χ3n) is 2.78. The van der Waals surface area contributed by atoms with Crippen LogP contribution in [0.15, 0.2) is 24.3 Å². The second kappa shape index (κ2) is 5.32. The maximum Gasteiger partial charge on any atom is 0.254 e. The van der Waals surface area contributed by atoms with E-state index >= 15 is 0 Å². The summed E-state index contributed by atoms with van der Waals surface area (Å²) in [5.74, 6) is 0.0565. The van der Waals surface area contributed by atoms with E-state index in [4.69, 9.17) is 5.73 Å². The smallest absolute Gasteiger partial charge is 0.254 e. The number of amides is 1. The van der Waals surface area contributed by atoms with Gasteiger partial charge in [0.25, 0.3) is 5.91 Å². The number of aryl methyl sites for hydroxylation is 1. The average molecular weight is 234 g/mol. The summed E-state index contributed by atoms with van der Waals surface area (Å²) < 4.78 is 0. The van der Waals surface area contributed by atoms with Crippen LogP contribution >= 0.6 is 0 Å². The van der Waals surface area contributed by atoms with Crippen LogP contribution < -0.4 is 5.73 Å². The monoisotopic (exact) mass is 234 g/mol. The summed E-state index contributed by atoms with van der Waals surface area (Å²) in [5.41, 5.74) is 7.14. The summed E-state index contributed by atoms with van der Waals surface area (Å²) in [5, 5.41) is 0. The predicted molar refractivity (Wildman–Crippen MR) is 71.0 cm³/mol. The molecule has 3 heteroatoms. The van der Waals surface area contributed by atoms with Gasteiger partial charge in [-0.05, 0) is 39.3 Å². The maximum atomic E-state index is 12.5. The van der Waals surface area contributed by atoms with E-state index in [9.17, 15) is 4.79 Å². The van der Waals surface area contributed by atoms with E-state index in [-0.39, 0.29) is 11.4 Å². The van der Waals surface area contributed by atoms with Crippen LogP contribution in [0.3, 0.4) is 0 Å². The quantitative estimate of drug-likeness (QED) is 0.871. The molecular formula is C14H22N2O. The molecule has 1 amide bonds. The maximum absolute atomic E-state index is 12.5. The molecule has 0 aliphatic carbocycles. The number of rotatable bonds is 3. The average Bonchev–Trinajstić information content (AvgIpc) is 2.24. The first-order valence-electron chi connectivity index (χ1n) is 5.95. The van der Waals surface area contributed by atoms with Crippen LogP contribution in [0.25, 0.3) is 0 Å². The Morgan fingerprint density at radius 3 is 2.35 bits per heavy atom. The fraction of sp³-hybridized carbons (Fsp3) is 0.500. The largest absolute Gasteiger partial charge is 0.333 e. The molecule has 0 atom stereocenters. The molecule has 0 aromatic heterocycles. The normalized spacial score (nSPS) is 11.4. The highest BCUT2D eigenvalue weighted by Crippen LogP contribution is 2.18. The van der Waals surface area contributed by atoms with Gasteiger partial charge in [-0.1, -0.05) is 18.2 Å². The van der Waals surface area contributed by atoms with Gasteiger partial charge in [0, 0.05) is 24.2 Å². The Morgan fingerprint density at radius 1 is 1.29 bits per heavy atom. The molecule has 0 heterocycles. The molecule has 17 heavy (non-hydrogen) atoms. The van der Waals surface area contributed by atoms with E-state index in [0.29, 0.717) is 13.1 Å². The highest BCUT2D eigenvalue weighted by molar-refractivity contribution is 5.96. The van der Waals surface area contributed by atoms with Crippen molar-refractivity contribution in [3.63, 3.8) is 0 Å². The van der Waals surface area contributed by atoms with Gasteiger partial charge in [0.15, 0.2) is 0 Å². The molecule has 0 aliphatic heterocycles. The lowest BCUT2D eigenvalue weighted by molar-refractivity contribution is 0.0591. The zero-order chi connectivity index (χ0) is 13.1. The lowest BCUT2D eigenvalue weighted by atomic mass is 10.0. The number of carbonyl (C=O) groups is 1. The van der Waals surface area contributed by atoms with Gasteiger partial charge >= 0.3 is 0 Å². The van der Waals surface area contributed by atoms with Crippen LogP contribution in [-0.4, -0.2) is 29.4 Å².